The number of carboxylic acids is 1. The van der Waals surface area contributed by atoms with Gasteiger partial charge >= 0.3 is 5.97 Å². The first-order valence-electron chi connectivity index (χ1n) is 7.21. The van der Waals surface area contributed by atoms with Crippen LogP contribution < -0.4 is 0 Å². The Kier molecular flexibility index (Phi) is 3.01. The van der Waals surface area contributed by atoms with Gasteiger partial charge in [-0.05, 0) is 22.9 Å². The first-order valence-corrected chi connectivity index (χ1v) is 7.21. The van der Waals surface area contributed by atoms with E-state index in [2.05, 4.69) is 9.97 Å². The number of carboxylic acid groups (broad SMARTS) is 1. The molecule has 0 fully saturated rings. The largest absolute Gasteiger partial charge is 0.478 e. The molecule has 0 radical (unpaired) electrons. The number of benzene rings is 3. The van der Waals surface area contributed by atoms with Crippen molar-refractivity contribution < 1.29 is 9.90 Å². The summed E-state index contributed by atoms with van der Waals surface area (Å²) in [6, 6.07) is 19.0. The molecule has 3 aromatic carbocycles. The Balaban J connectivity index is 2.02. The van der Waals surface area contributed by atoms with Gasteiger partial charge in [-0.15, -0.1) is 0 Å². The number of para-hydroxylation sites is 1. The monoisotopic (exact) mass is 300 g/mol. The van der Waals surface area contributed by atoms with Crippen molar-refractivity contribution in [2.45, 2.75) is 0 Å². The molecule has 0 amide bonds. The van der Waals surface area contributed by atoms with Gasteiger partial charge in [-0.3, -0.25) is 4.98 Å². The van der Waals surface area contributed by atoms with E-state index in [0.717, 1.165) is 16.3 Å². The van der Waals surface area contributed by atoms with Gasteiger partial charge in [0.2, 0.25) is 0 Å². The van der Waals surface area contributed by atoms with Gasteiger partial charge < -0.3 is 5.11 Å². The van der Waals surface area contributed by atoms with E-state index < -0.39 is 5.97 Å². The van der Waals surface area contributed by atoms with E-state index in [1.807, 2.05) is 42.5 Å². The van der Waals surface area contributed by atoms with E-state index in [9.17, 15) is 9.90 Å². The molecule has 4 nitrogen and oxygen atoms in total. The number of fused-ring (bicyclic) bond motifs is 2. The van der Waals surface area contributed by atoms with E-state index >= 15 is 0 Å². The predicted molar refractivity (Wildman–Crippen MR) is 89.4 cm³/mol. The summed E-state index contributed by atoms with van der Waals surface area (Å²) in [6.45, 7) is 0. The van der Waals surface area contributed by atoms with Crippen molar-refractivity contribution >= 4 is 27.8 Å². The Labute approximate surface area is 132 Å². The van der Waals surface area contributed by atoms with Gasteiger partial charge in [0.25, 0.3) is 0 Å². The lowest BCUT2D eigenvalue weighted by Gasteiger charge is -2.08. The maximum absolute atomic E-state index is 11.4. The van der Waals surface area contributed by atoms with Crippen LogP contribution in [0.3, 0.4) is 0 Å². The molecular formula is C19H12N2O2. The number of hydrogen-bond acceptors (Lipinski definition) is 3. The molecular weight excluding hydrogens is 288 g/mol. The van der Waals surface area contributed by atoms with Crippen molar-refractivity contribution in [1.29, 1.82) is 0 Å². The number of aromatic carboxylic acids is 1. The lowest BCUT2D eigenvalue weighted by atomic mass is 10.0. The third-order valence-electron chi connectivity index (χ3n) is 3.87. The minimum atomic E-state index is -1.00. The summed E-state index contributed by atoms with van der Waals surface area (Å²) in [7, 11) is 0. The van der Waals surface area contributed by atoms with Crippen molar-refractivity contribution in [3.8, 4) is 11.3 Å². The van der Waals surface area contributed by atoms with Crippen LogP contribution in [0.1, 0.15) is 10.4 Å². The molecule has 0 atom stereocenters. The Morgan fingerprint density at radius 3 is 2.57 bits per heavy atom. The molecule has 0 aliphatic heterocycles. The molecule has 1 aromatic heterocycles. The van der Waals surface area contributed by atoms with Crippen LogP contribution in [0, 0.1) is 0 Å². The maximum Gasteiger partial charge on any atom is 0.337 e. The number of aromatic nitrogens is 2. The molecule has 0 aliphatic carbocycles. The molecule has 0 bridgehead atoms. The van der Waals surface area contributed by atoms with E-state index in [1.54, 1.807) is 24.4 Å². The van der Waals surface area contributed by atoms with Crippen LogP contribution >= 0.6 is 0 Å². The minimum absolute atomic E-state index is 0.164. The smallest absolute Gasteiger partial charge is 0.337 e. The molecule has 4 aromatic rings. The molecule has 110 valence electrons. The van der Waals surface area contributed by atoms with Crippen molar-refractivity contribution in [2.24, 2.45) is 0 Å². The molecule has 1 N–H and O–H groups in total. The van der Waals surface area contributed by atoms with Gasteiger partial charge in [0.15, 0.2) is 0 Å². The first-order chi connectivity index (χ1) is 11.2. The zero-order valence-corrected chi connectivity index (χ0v) is 12.1. The van der Waals surface area contributed by atoms with Crippen LogP contribution in [-0.4, -0.2) is 21.0 Å². The Hall–Kier alpha value is -3.27. The average molecular weight is 300 g/mol. The highest BCUT2D eigenvalue weighted by atomic mass is 16.4. The van der Waals surface area contributed by atoms with Crippen LogP contribution in [-0.2, 0) is 0 Å². The lowest BCUT2D eigenvalue weighted by molar-refractivity contribution is 0.0699. The van der Waals surface area contributed by atoms with Gasteiger partial charge in [0.05, 0.1) is 23.0 Å². The minimum Gasteiger partial charge on any atom is -0.478 e. The van der Waals surface area contributed by atoms with Crippen molar-refractivity contribution in [3.05, 3.63) is 72.4 Å². The fourth-order valence-electron chi connectivity index (χ4n) is 2.78. The summed E-state index contributed by atoms with van der Waals surface area (Å²) in [5, 5.41) is 11.5. The van der Waals surface area contributed by atoms with Gasteiger partial charge in [0.1, 0.15) is 5.52 Å². The molecule has 23 heavy (non-hydrogen) atoms. The molecule has 4 heteroatoms. The number of hydrogen-bond donors (Lipinski definition) is 1. The summed E-state index contributed by atoms with van der Waals surface area (Å²) in [5.41, 5.74) is 2.76. The molecule has 0 unspecified atom stereocenters. The molecule has 0 saturated heterocycles. The van der Waals surface area contributed by atoms with Gasteiger partial charge in [-0.1, -0.05) is 48.5 Å². The summed E-state index contributed by atoms with van der Waals surface area (Å²) < 4.78 is 0. The molecule has 1 heterocycles. The zero-order chi connectivity index (χ0) is 15.8. The average Bonchev–Trinajstić information content (AvgIpc) is 2.60. The second-order valence-electron chi connectivity index (χ2n) is 5.26. The lowest BCUT2D eigenvalue weighted by Crippen LogP contribution is -2.00. The van der Waals surface area contributed by atoms with Crippen molar-refractivity contribution in [3.63, 3.8) is 0 Å². The first kappa shape index (κ1) is 13.4. The number of nitrogens with zero attached hydrogens (tertiary/aromatic N) is 2. The quantitative estimate of drug-likeness (QED) is 0.604. The summed E-state index contributed by atoms with van der Waals surface area (Å²) in [5.74, 6) is -1.00. The second-order valence-corrected chi connectivity index (χ2v) is 5.26. The highest BCUT2D eigenvalue weighted by Crippen LogP contribution is 2.28. The third-order valence-corrected chi connectivity index (χ3v) is 3.87. The van der Waals surface area contributed by atoms with Crippen molar-refractivity contribution in [1.82, 2.24) is 9.97 Å². The van der Waals surface area contributed by atoms with Crippen LogP contribution in [0.4, 0.5) is 0 Å². The highest BCUT2D eigenvalue weighted by Gasteiger charge is 2.12. The fraction of sp³-hybridized carbons (Fsp3) is 0. The Morgan fingerprint density at radius 2 is 1.70 bits per heavy atom. The van der Waals surface area contributed by atoms with Gasteiger partial charge in [-0.2, -0.15) is 0 Å². The van der Waals surface area contributed by atoms with Crippen LogP contribution in [0.15, 0.2) is 66.9 Å². The normalized spacial score (nSPS) is 11.0. The van der Waals surface area contributed by atoms with Gasteiger partial charge in [0, 0.05) is 5.56 Å². The topological polar surface area (TPSA) is 63.1 Å². The molecule has 0 spiro atoms. The fourth-order valence-corrected chi connectivity index (χ4v) is 2.78. The third kappa shape index (κ3) is 2.21. The summed E-state index contributed by atoms with van der Waals surface area (Å²) >= 11 is 0. The number of rotatable bonds is 2. The van der Waals surface area contributed by atoms with Crippen LogP contribution in [0.25, 0.3) is 33.1 Å². The Bertz CT molecular complexity index is 1050. The van der Waals surface area contributed by atoms with E-state index in [0.29, 0.717) is 16.7 Å². The Morgan fingerprint density at radius 1 is 0.913 bits per heavy atom. The molecule has 0 aliphatic rings. The van der Waals surface area contributed by atoms with E-state index in [4.69, 9.17) is 0 Å². The molecule has 4 rings (SSSR count). The summed E-state index contributed by atoms with van der Waals surface area (Å²) in [6.07, 6.45) is 1.69. The molecule has 0 saturated carbocycles. The standard InChI is InChI=1S/C19H12N2O2/c22-19(23)15-9-4-10-16-18(15)21-17(11-20-16)14-8-3-6-12-5-1-2-7-13(12)14/h1-11H,(H,22,23). The van der Waals surface area contributed by atoms with Gasteiger partial charge in [-0.25, -0.2) is 9.78 Å². The van der Waals surface area contributed by atoms with E-state index in [1.165, 1.54) is 0 Å². The summed E-state index contributed by atoms with van der Waals surface area (Å²) in [4.78, 5) is 20.4. The second kappa shape index (κ2) is 5.18. The predicted octanol–water partition coefficient (Wildman–Crippen LogP) is 4.15. The maximum atomic E-state index is 11.4. The van der Waals surface area contributed by atoms with Crippen molar-refractivity contribution in [2.75, 3.05) is 0 Å². The highest BCUT2D eigenvalue weighted by molar-refractivity contribution is 6.02. The zero-order valence-electron chi connectivity index (χ0n) is 12.1. The van der Waals surface area contributed by atoms with Crippen LogP contribution in [0.2, 0.25) is 0 Å². The number of carbonyl (C=O) groups is 1. The van der Waals surface area contributed by atoms with Crippen LogP contribution in [0.5, 0.6) is 0 Å². The SMILES string of the molecule is O=C(O)c1cccc2ncc(-c3cccc4ccccc34)nc12. The van der Waals surface area contributed by atoms with E-state index in [-0.39, 0.29) is 5.56 Å².